The van der Waals surface area contributed by atoms with Crippen molar-refractivity contribution in [1.82, 2.24) is 0 Å². The second-order valence-corrected chi connectivity index (χ2v) is 5.16. The summed E-state index contributed by atoms with van der Waals surface area (Å²) in [5, 5.41) is 9.88. The highest BCUT2D eigenvalue weighted by Gasteiger charge is 2.37. The lowest BCUT2D eigenvalue weighted by atomic mass is 9.72. The highest BCUT2D eigenvalue weighted by molar-refractivity contribution is 5.25. The molecule has 0 amide bonds. The van der Waals surface area contributed by atoms with Gasteiger partial charge in [0.25, 0.3) is 0 Å². The third-order valence-electron chi connectivity index (χ3n) is 3.62. The van der Waals surface area contributed by atoms with E-state index < -0.39 is 11.1 Å². The van der Waals surface area contributed by atoms with Crippen LogP contribution in [0.3, 0.4) is 0 Å². The van der Waals surface area contributed by atoms with Crippen molar-refractivity contribution in [3.8, 4) is 0 Å². The quantitative estimate of drug-likeness (QED) is 0.767. The molecule has 0 aliphatic heterocycles. The van der Waals surface area contributed by atoms with Crippen molar-refractivity contribution in [2.45, 2.75) is 43.7 Å². The summed E-state index contributed by atoms with van der Waals surface area (Å²) in [7, 11) is 0. The van der Waals surface area contributed by atoms with Gasteiger partial charge in [-0.3, -0.25) is 0 Å². The molecule has 0 bridgehead atoms. The lowest BCUT2D eigenvalue weighted by Gasteiger charge is -2.40. The summed E-state index contributed by atoms with van der Waals surface area (Å²) < 4.78 is 13.1. The van der Waals surface area contributed by atoms with Crippen molar-refractivity contribution in [2.75, 3.05) is 0 Å². The van der Waals surface area contributed by atoms with Crippen LogP contribution in [0.2, 0.25) is 0 Å². The SMILES string of the molecule is CC1(O)CCC(N)(c2cccc(F)c2)CC1. The van der Waals surface area contributed by atoms with E-state index in [1.54, 1.807) is 6.07 Å². The fraction of sp³-hybridized carbons (Fsp3) is 0.538. The minimum absolute atomic E-state index is 0.250. The van der Waals surface area contributed by atoms with Crippen LogP contribution in [0.15, 0.2) is 24.3 Å². The number of hydrogen-bond acceptors (Lipinski definition) is 2. The number of benzene rings is 1. The molecule has 1 aromatic rings. The van der Waals surface area contributed by atoms with Crippen molar-refractivity contribution in [3.63, 3.8) is 0 Å². The zero-order chi connectivity index (χ0) is 11.8. The molecule has 3 N–H and O–H groups in total. The number of nitrogens with two attached hydrogens (primary N) is 1. The molecule has 88 valence electrons. The van der Waals surface area contributed by atoms with Gasteiger partial charge in [-0.2, -0.15) is 0 Å². The van der Waals surface area contributed by atoms with Gasteiger partial charge in [0.05, 0.1) is 5.60 Å². The van der Waals surface area contributed by atoms with Crippen molar-refractivity contribution in [2.24, 2.45) is 5.73 Å². The molecule has 2 nitrogen and oxygen atoms in total. The summed E-state index contributed by atoms with van der Waals surface area (Å²) >= 11 is 0. The Labute approximate surface area is 95.3 Å². The van der Waals surface area contributed by atoms with Crippen LogP contribution in [0.5, 0.6) is 0 Å². The fourth-order valence-corrected chi connectivity index (χ4v) is 2.32. The molecule has 1 saturated carbocycles. The molecule has 0 unspecified atom stereocenters. The van der Waals surface area contributed by atoms with Crippen LogP contribution < -0.4 is 5.73 Å². The zero-order valence-corrected chi connectivity index (χ0v) is 9.54. The molecular formula is C13H18FNO. The van der Waals surface area contributed by atoms with Gasteiger partial charge >= 0.3 is 0 Å². The van der Waals surface area contributed by atoms with Crippen LogP contribution in [0, 0.1) is 5.82 Å². The van der Waals surface area contributed by atoms with Crippen molar-refractivity contribution < 1.29 is 9.50 Å². The minimum atomic E-state index is -0.615. The van der Waals surface area contributed by atoms with Gasteiger partial charge < -0.3 is 10.8 Å². The van der Waals surface area contributed by atoms with E-state index in [4.69, 9.17) is 5.73 Å². The van der Waals surface area contributed by atoms with Gasteiger partial charge in [0.15, 0.2) is 0 Å². The molecule has 1 aromatic carbocycles. The molecule has 0 radical (unpaired) electrons. The average Bonchev–Trinajstić information content (AvgIpc) is 2.23. The van der Waals surface area contributed by atoms with E-state index >= 15 is 0 Å². The van der Waals surface area contributed by atoms with Crippen LogP contribution >= 0.6 is 0 Å². The van der Waals surface area contributed by atoms with Gasteiger partial charge in [-0.15, -0.1) is 0 Å². The predicted octanol–water partition coefficient (Wildman–Crippen LogP) is 2.30. The first-order chi connectivity index (χ1) is 7.41. The van der Waals surface area contributed by atoms with E-state index in [-0.39, 0.29) is 5.82 Å². The summed E-state index contributed by atoms with van der Waals surface area (Å²) in [5.41, 5.74) is 6.03. The number of aliphatic hydroxyl groups is 1. The lowest BCUT2D eigenvalue weighted by molar-refractivity contribution is 0.000872. The Morgan fingerprint density at radius 1 is 1.25 bits per heavy atom. The first-order valence-corrected chi connectivity index (χ1v) is 5.69. The largest absolute Gasteiger partial charge is 0.390 e. The normalized spacial score (nSPS) is 35.0. The highest BCUT2D eigenvalue weighted by Crippen LogP contribution is 2.39. The zero-order valence-electron chi connectivity index (χ0n) is 9.54. The van der Waals surface area contributed by atoms with Crippen molar-refractivity contribution in [3.05, 3.63) is 35.6 Å². The molecular weight excluding hydrogens is 205 g/mol. The van der Waals surface area contributed by atoms with E-state index in [0.717, 1.165) is 5.56 Å². The minimum Gasteiger partial charge on any atom is -0.390 e. The third kappa shape index (κ3) is 2.25. The molecule has 0 saturated heterocycles. The summed E-state index contributed by atoms with van der Waals surface area (Å²) in [5.74, 6) is -0.250. The Kier molecular flexibility index (Phi) is 2.76. The molecule has 0 atom stereocenters. The maximum absolute atomic E-state index is 13.1. The van der Waals surface area contributed by atoms with Crippen LogP contribution in [0.4, 0.5) is 4.39 Å². The molecule has 0 aromatic heterocycles. The van der Waals surface area contributed by atoms with Crippen molar-refractivity contribution in [1.29, 1.82) is 0 Å². The second-order valence-electron chi connectivity index (χ2n) is 5.16. The maximum atomic E-state index is 13.1. The van der Waals surface area contributed by atoms with Crippen LogP contribution in [-0.2, 0) is 5.54 Å². The Bertz CT molecular complexity index is 379. The fourth-order valence-electron chi connectivity index (χ4n) is 2.32. The molecule has 2 rings (SSSR count). The Morgan fingerprint density at radius 3 is 2.44 bits per heavy atom. The molecule has 16 heavy (non-hydrogen) atoms. The Morgan fingerprint density at radius 2 is 1.88 bits per heavy atom. The van der Waals surface area contributed by atoms with Crippen LogP contribution in [0.1, 0.15) is 38.2 Å². The van der Waals surface area contributed by atoms with E-state index in [9.17, 15) is 9.50 Å². The summed E-state index contributed by atoms with van der Waals surface area (Å²) in [6.45, 7) is 1.83. The van der Waals surface area contributed by atoms with E-state index in [2.05, 4.69) is 0 Å². The smallest absolute Gasteiger partial charge is 0.123 e. The van der Waals surface area contributed by atoms with Gasteiger partial charge in [0.2, 0.25) is 0 Å². The van der Waals surface area contributed by atoms with Gasteiger partial charge in [0, 0.05) is 5.54 Å². The molecule has 1 aliphatic carbocycles. The monoisotopic (exact) mass is 223 g/mol. The van der Waals surface area contributed by atoms with E-state index in [0.29, 0.717) is 25.7 Å². The van der Waals surface area contributed by atoms with Gasteiger partial charge in [-0.25, -0.2) is 4.39 Å². The topological polar surface area (TPSA) is 46.2 Å². The van der Waals surface area contributed by atoms with Gasteiger partial charge in [-0.1, -0.05) is 12.1 Å². The number of halogens is 1. The van der Waals surface area contributed by atoms with Crippen molar-refractivity contribution >= 4 is 0 Å². The standard InChI is InChI=1S/C13H18FNO/c1-12(16)5-7-13(15,8-6-12)10-3-2-4-11(14)9-10/h2-4,9,16H,5-8,15H2,1H3. The van der Waals surface area contributed by atoms with E-state index in [1.807, 2.05) is 13.0 Å². The molecule has 0 heterocycles. The molecule has 1 aliphatic rings. The predicted molar refractivity (Wildman–Crippen MR) is 61.4 cm³/mol. The van der Waals surface area contributed by atoms with E-state index in [1.165, 1.54) is 12.1 Å². The van der Waals surface area contributed by atoms with Gasteiger partial charge in [-0.05, 0) is 50.3 Å². The lowest BCUT2D eigenvalue weighted by Crippen LogP contribution is -2.45. The Hall–Kier alpha value is -0.930. The molecule has 1 fully saturated rings. The average molecular weight is 223 g/mol. The summed E-state index contributed by atoms with van der Waals surface area (Å²) in [6.07, 6.45) is 2.73. The highest BCUT2D eigenvalue weighted by atomic mass is 19.1. The summed E-state index contributed by atoms with van der Waals surface area (Å²) in [6, 6.07) is 6.47. The van der Waals surface area contributed by atoms with Crippen LogP contribution in [0.25, 0.3) is 0 Å². The summed E-state index contributed by atoms with van der Waals surface area (Å²) in [4.78, 5) is 0. The number of hydrogen-bond donors (Lipinski definition) is 2. The number of rotatable bonds is 1. The second kappa shape index (κ2) is 3.82. The molecule has 3 heteroatoms. The third-order valence-corrected chi connectivity index (χ3v) is 3.62. The first kappa shape index (κ1) is 11.6. The maximum Gasteiger partial charge on any atom is 0.123 e. The van der Waals surface area contributed by atoms with Gasteiger partial charge in [0.1, 0.15) is 5.82 Å². The molecule has 0 spiro atoms. The van der Waals surface area contributed by atoms with Crippen LogP contribution in [-0.4, -0.2) is 10.7 Å². The first-order valence-electron chi connectivity index (χ1n) is 5.69. The Balaban J connectivity index is 2.21.